The van der Waals surface area contributed by atoms with E-state index in [1.165, 1.54) is 0 Å². The van der Waals surface area contributed by atoms with Crippen LogP contribution < -0.4 is 4.90 Å². The lowest BCUT2D eigenvalue weighted by molar-refractivity contribution is -0.173. The van der Waals surface area contributed by atoms with Gasteiger partial charge in [0.1, 0.15) is 11.4 Å². The number of amides is 1. The van der Waals surface area contributed by atoms with Gasteiger partial charge in [-0.05, 0) is 6.07 Å². The maximum Gasteiger partial charge on any atom is 0.471 e. The molecule has 0 aromatic carbocycles. The fourth-order valence-corrected chi connectivity index (χ4v) is 2.17. The van der Waals surface area contributed by atoms with Crippen LogP contribution in [0.2, 0.25) is 0 Å². The minimum absolute atomic E-state index is 0.152. The van der Waals surface area contributed by atoms with Gasteiger partial charge in [0, 0.05) is 12.8 Å². The van der Waals surface area contributed by atoms with Crippen LogP contribution in [-0.2, 0) is 4.79 Å². The maximum atomic E-state index is 13.1. The lowest BCUT2D eigenvalue weighted by Gasteiger charge is -2.42. The fraction of sp³-hybridized carbons (Fsp3) is 0.417. The normalized spacial score (nSPS) is 17.5. The van der Waals surface area contributed by atoms with Crippen molar-refractivity contribution in [2.75, 3.05) is 4.90 Å². The van der Waals surface area contributed by atoms with Crippen LogP contribution in [0.15, 0.2) is 12.3 Å². The number of carbonyl (C=O) groups excluding carboxylic acids is 1. The number of carboxylic acids is 1. The Balaban J connectivity index is 2.51. The van der Waals surface area contributed by atoms with Crippen LogP contribution in [0.5, 0.6) is 0 Å². The Morgan fingerprint density at radius 1 is 1.30 bits per heavy atom. The standard InChI is InChI=1S/C12H8F6N2O3/c13-5-1-7(9(21)22)8(19-4-5)20(10(23)12(16,17)18)6-2-11(14,15)3-6/h1,4,6H,2-3H2,(H,21,22). The third kappa shape index (κ3) is 3.37. The van der Waals surface area contributed by atoms with E-state index in [-0.39, 0.29) is 4.90 Å². The van der Waals surface area contributed by atoms with Crippen LogP contribution in [0.25, 0.3) is 0 Å². The zero-order valence-corrected chi connectivity index (χ0v) is 11.1. The molecule has 1 saturated carbocycles. The molecule has 1 amide bonds. The number of carbonyl (C=O) groups is 2. The molecule has 1 aromatic rings. The first kappa shape index (κ1) is 17.0. The zero-order chi connectivity index (χ0) is 17.6. The van der Waals surface area contributed by atoms with Gasteiger partial charge in [0.2, 0.25) is 0 Å². The topological polar surface area (TPSA) is 70.5 Å². The monoisotopic (exact) mass is 342 g/mol. The number of hydrogen-bond acceptors (Lipinski definition) is 3. The molecule has 1 aliphatic rings. The number of pyridine rings is 1. The number of carboxylic acid groups (broad SMARTS) is 1. The Bertz CT molecular complexity index is 653. The van der Waals surface area contributed by atoms with Gasteiger partial charge >= 0.3 is 18.1 Å². The predicted molar refractivity (Wildman–Crippen MR) is 62.7 cm³/mol. The van der Waals surface area contributed by atoms with Crippen molar-refractivity contribution in [1.29, 1.82) is 0 Å². The first-order valence-corrected chi connectivity index (χ1v) is 6.09. The summed E-state index contributed by atoms with van der Waals surface area (Å²) in [6.45, 7) is 0. The van der Waals surface area contributed by atoms with Crippen molar-refractivity contribution in [2.24, 2.45) is 0 Å². The van der Waals surface area contributed by atoms with E-state index in [2.05, 4.69) is 4.98 Å². The Morgan fingerprint density at radius 2 is 1.87 bits per heavy atom. The van der Waals surface area contributed by atoms with Gasteiger partial charge in [-0.15, -0.1) is 0 Å². The molecule has 0 spiro atoms. The van der Waals surface area contributed by atoms with Crippen LogP contribution in [0.1, 0.15) is 23.2 Å². The second kappa shape index (κ2) is 5.39. The quantitative estimate of drug-likeness (QED) is 0.858. The molecule has 1 heterocycles. The SMILES string of the molecule is O=C(O)c1cc(F)cnc1N(C(=O)C(F)(F)F)C1CC(F)(F)C1. The van der Waals surface area contributed by atoms with Crippen LogP contribution in [0, 0.1) is 5.82 Å². The molecule has 1 aromatic heterocycles. The van der Waals surface area contributed by atoms with Crippen molar-refractivity contribution in [1.82, 2.24) is 4.98 Å². The summed E-state index contributed by atoms with van der Waals surface area (Å²) in [5, 5.41) is 8.92. The summed E-state index contributed by atoms with van der Waals surface area (Å²) >= 11 is 0. The van der Waals surface area contributed by atoms with Gasteiger partial charge in [-0.25, -0.2) is 22.9 Å². The van der Waals surface area contributed by atoms with Crippen molar-refractivity contribution >= 4 is 17.7 Å². The van der Waals surface area contributed by atoms with E-state index in [1.807, 2.05) is 0 Å². The van der Waals surface area contributed by atoms with Gasteiger partial charge in [0.15, 0.2) is 5.82 Å². The molecule has 0 bridgehead atoms. The molecule has 1 fully saturated rings. The highest BCUT2D eigenvalue weighted by molar-refractivity contribution is 6.03. The molecule has 1 N–H and O–H groups in total. The summed E-state index contributed by atoms with van der Waals surface area (Å²) in [5.74, 6) is -9.85. The molecule has 2 rings (SSSR count). The van der Waals surface area contributed by atoms with Crippen LogP contribution in [-0.4, -0.2) is 40.1 Å². The molecule has 0 saturated heterocycles. The smallest absolute Gasteiger partial charge is 0.471 e. The molecule has 0 atom stereocenters. The van der Waals surface area contributed by atoms with Crippen LogP contribution in [0.4, 0.5) is 32.2 Å². The second-order valence-corrected chi connectivity index (χ2v) is 4.92. The third-order valence-corrected chi connectivity index (χ3v) is 3.19. The minimum Gasteiger partial charge on any atom is -0.478 e. The highest BCUT2D eigenvalue weighted by Gasteiger charge is 2.55. The van der Waals surface area contributed by atoms with Crippen molar-refractivity contribution < 1.29 is 41.0 Å². The second-order valence-electron chi connectivity index (χ2n) is 4.92. The summed E-state index contributed by atoms with van der Waals surface area (Å²) < 4.78 is 77.0. The summed E-state index contributed by atoms with van der Waals surface area (Å²) in [7, 11) is 0. The van der Waals surface area contributed by atoms with Gasteiger partial charge in [-0.2, -0.15) is 13.2 Å². The van der Waals surface area contributed by atoms with Gasteiger partial charge in [0.25, 0.3) is 5.92 Å². The molecule has 0 radical (unpaired) electrons. The Hall–Kier alpha value is -2.33. The van der Waals surface area contributed by atoms with Gasteiger partial charge in [0.05, 0.1) is 12.2 Å². The van der Waals surface area contributed by atoms with E-state index >= 15 is 0 Å². The Labute approximate surface area is 124 Å². The predicted octanol–water partition coefficient (Wildman–Crippen LogP) is 2.61. The molecular formula is C12H8F6N2O3. The highest BCUT2D eigenvalue weighted by Crippen LogP contribution is 2.43. The average molecular weight is 342 g/mol. The maximum absolute atomic E-state index is 13.1. The number of nitrogens with zero attached hydrogens (tertiary/aromatic N) is 2. The molecule has 11 heteroatoms. The molecule has 126 valence electrons. The van der Waals surface area contributed by atoms with Crippen molar-refractivity contribution in [3.63, 3.8) is 0 Å². The first-order chi connectivity index (χ1) is 10.4. The summed E-state index contributed by atoms with van der Waals surface area (Å²) in [4.78, 5) is 25.6. The molecular weight excluding hydrogens is 334 g/mol. The van der Waals surface area contributed by atoms with E-state index in [1.54, 1.807) is 0 Å². The van der Waals surface area contributed by atoms with Gasteiger partial charge in [-0.1, -0.05) is 0 Å². The van der Waals surface area contributed by atoms with Crippen molar-refractivity contribution in [3.8, 4) is 0 Å². The number of aromatic carboxylic acids is 1. The fourth-order valence-electron chi connectivity index (χ4n) is 2.17. The number of halogens is 6. The number of alkyl halides is 5. The van der Waals surface area contributed by atoms with Crippen molar-refractivity contribution in [3.05, 3.63) is 23.6 Å². The first-order valence-electron chi connectivity index (χ1n) is 6.09. The van der Waals surface area contributed by atoms with Crippen LogP contribution in [0.3, 0.4) is 0 Å². The number of aromatic nitrogens is 1. The molecule has 5 nitrogen and oxygen atoms in total. The van der Waals surface area contributed by atoms with E-state index in [0.717, 1.165) is 0 Å². The van der Waals surface area contributed by atoms with E-state index < -0.39 is 60.1 Å². The molecule has 1 aliphatic carbocycles. The summed E-state index contributed by atoms with van der Waals surface area (Å²) in [6, 6.07) is -1.23. The summed E-state index contributed by atoms with van der Waals surface area (Å²) in [6.07, 6.45) is -7.19. The zero-order valence-electron chi connectivity index (χ0n) is 11.1. The van der Waals surface area contributed by atoms with E-state index in [9.17, 15) is 35.9 Å². The third-order valence-electron chi connectivity index (χ3n) is 3.19. The molecule has 0 aliphatic heterocycles. The van der Waals surface area contributed by atoms with Gasteiger partial charge in [-0.3, -0.25) is 9.69 Å². The lowest BCUT2D eigenvalue weighted by Crippen LogP contribution is -2.57. The Morgan fingerprint density at radius 3 is 2.30 bits per heavy atom. The van der Waals surface area contributed by atoms with E-state index in [0.29, 0.717) is 12.3 Å². The number of rotatable bonds is 3. The lowest BCUT2D eigenvalue weighted by atomic mass is 9.86. The Kier molecular flexibility index (Phi) is 3.99. The molecule has 0 unspecified atom stereocenters. The number of anilines is 1. The molecule has 23 heavy (non-hydrogen) atoms. The van der Waals surface area contributed by atoms with Crippen molar-refractivity contribution in [2.45, 2.75) is 31.0 Å². The average Bonchev–Trinajstić information content (AvgIpc) is 2.37. The van der Waals surface area contributed by atoms with E-state index in [4.69, 9.17) is 5.11 Å². The number of hydrogen-bond donors (Lipinski definition) is 1. The van der Waals surface area contributed by atoms with Crippen LogP contribution >= 0.6 is 0 Å². The van der Waals surface area contributed by atoms with Gasteiger partial charge < -0.3 is 5.11 Å². The minimum atomic E-state index is -5.43. The highest BCUT2D eigenvalue weighted by atomic mass is 19.4. The largest absolute Gasteiger partial charge is 0.478 e. The summed E-state index contributed by atoms with van der Waals surface area (Å²) in [5.41, 5.74) is -1.03.